The number of amides is 2. The summed E-state index contributed by atoms with van der Waals surface area (Å²) in [5.41, 5.74) is -0.0863. The average Bonchev–Trinajstić information content (AvgIpc) is 2.69. The largest absolute Gasteiger partial charge is 0.481 e. The van der Waals surface area contributed by atoms with Crippen LogP contribution < -0.4 is 10.6 Å². The van der Waals surface area contributed by atoms with Crippen molar-refractivity contribution < 1.29 is 19.2 Å². The number of nitrogens with zero attached hydrogens (tertiary/aromatic N) is 2. The zero-order valence-electron chi connectivity index (χ0n) is 12.8. The first-order valence-electron chi connectivity index (χ1n) is 6.71. The van der Waals surface area contributed by atoms with E-state index < -0.39 is 18.0 Å². The Morgan fingerprint density at radius 3 is 2.52 bits per heavy atom. The van der Waals surface area contributed by atoms with Crippen LogP contribution in [0.1, 0.15) is 45.3 Å². The van der Waals surface area contributed by atoms with Crippen molar-refractivity contribution >= 4 is 12.0 Å². The van der Waals surface area contributed by atoms with Gasteiger partial charge in [-0.25, -0.2) is 4.79 Å². The first kappa shape index (κ1) is 16.9. The highest BCUT2D eigenvalue weighted by Gasteiger charge is 2.22. The number of carbonyl (C=O) groups excluding carboxylic acids is 1. The van der Waals surface area contributed by atoms with Crippen LogP contribution in [-0.4, -0.2) is 33.3 Å². The molecule has 0 fully saturated rings. The molecule has 1 rings (SSSR count). The van der Waals surface area contributed by atoms with Crippen LogP contribution in [0.15, 0.2) is 4.52 Å². The standard InChI is InChI=1S/C13H22N4O4/c1-8-15-10(21-17-8)7-14-12(20)16-9(5-11(18)19)6-13(2,3)4/h9H,5-7H2,1-4H3,(H,18,19)(H2,14,16,20). The van der Waals surface area contributed by atoms with Gasteiger partial charge in [0.25, 0.3) is 0 Å². The molecule has 0 aliphatic rings. The average molecular weight is 298 g/mol. The predicted octanol–water partition coefficient (Wildman–Crippen LogP) is 1.46. The number of aliphatic carboxylic acids is 1. The SMILES string of the molecule is Cc1noc(CNC(=O)NC(CC(=O)O)CC(C)(C)C)n1. The van der Waals surface area contributed by atoms with Crippen molar-refractivity contribution in [3.8, 4) is 0 Å². The van der Waals surface area contributed by atoms with E-state index in [1.54, 1.807) is 6.92 Å². The van der Waals surface area contributed by atoms with Crippen molar-refractivity contribution in [1.29, 1.82) is 0 Å². The molecule has 3 N–H and O–H groups in total. The third kappa shape index (κ3) is 7.28. The Morgan fingerprint density at radius 2 is 2.05 bits per heavy atom. The lowest BCUT2D eigenvalue weighted by Crippen LogP contribution is -2.44. The molecule has 8 nitrogen and oxygen atoms in total. The number of aromatic nitrogens is 2. The molecule has 1 aromatic rings. The maximum absolute atomic E-state index is 11.8. The number of carboxylic acid groups (broad SMARTS) is 1. The molecular weight excluding hydrogens is 276 g/mol. The van der Waals surface area contributed by atoms with Crippen LogP contribution >= 0.6 is 0 Å². The lowest BCUT2D eigenvalue weighted by atomic mass is 9.87. The summed E-state index contributed by atoms with van der Waals surface area (Å²) in [6.45, 7) is 7.75. The topological polar surface area (TPSA) is 117 Å². The van der Waals surface area contributed by atoms with E-state index in [1.807, 2.05) is 20.8 Å². The van der Waals surface area contributed by atoms with Gasteiger partial charge in [0.1, 0.15) is 0 Å². The zero-order valence-corrected chi connectivity index (χ0v) is 12.8. The highest BCUT2D eigenvalue weighted by molar-refractivity contribution is 5.75. The molecular formula is C13H22N4O4. The van der Waals surface area contributed by atoms with Gasteiger partial charge in [0, 0.05) is 6.04 Å². The third-order valence-corrected chi connectivity index (χ3v) is 2.58. The number of rotatable bonds is 6. The second kappa shape index (κ2) is 7.05. The van der Waals surface area contributed by atoms with Crippen LogP contribution in [0.25, 0.3) is 0 Å². The summed E-state index contributed by atoms with van der Waals surface area (Å²) >= 11 is 0. The maximum Gasteiger partial charge on any atom is 0.315 e. The quantitative estimate of drug-likeness (QED) is 0.731. The van der Waals surface area contributed by atoms with Crippen molar-refractivity contribution in [2.75, 3.05) is 0 Å². The molecule has 0 bridgehead atoms. The molecule has 118 valence electrons. The summed E-state index contributed by atoms with van der Waals surface area (Å²) in [5.74, 6) is -0.158. The van der Waals surface area contributed by atoms with E-state index in [0.29, 0.717) is 18.1 Å². The van der Waals surface area contributed by atoms with Gasteiger partial charge in [0.15, 0.2) is 5.82 Å². The first-order chi connectivity index (χ1) is 9.65. The van der Waals surface area contributed by atoms with E-state index in [0.717, 1.165) is 0 Å². The van der Waals surface area contributed by atoms with Crippen LogP contribution in [0.5, 0.6) is 0 Å². The maximum atomic E-state index is 11.8. The van der Waals surface area contributed by atoms with Gasteiger partial charge in [-0.2, -0.15) is 4.98 Å². The molecule has 0 saturated heterocycles. The molecule has 1 atom stereocenters. The van der Waals surface area contributed by atoms with Crippen molar-refractivity contribution in [2.45, 2.75) is 53.1 Å². The van der Waals surface area contributed by atoms with Gasteiger partial charge in [-0.15, -0.1) is 0 Å². The van der Waals surface area contributed by atoms with Gasteiger partial charge in [-0.3, -0.25) is 4.79 Å². The van der Waals surface area contributed by atoms with Gasteiger partial charge in [-0.1, -0.05) is 25.9 Å². The van der Waals surface area contributed by atoms with Gasteiger partial charge in [-0.05, 0) is 18.8 Å². The van der Waals surface area contributed by atoms with Crippen LogP contribution in [-0.2, 0) is 11.3 Å². The van der Waals surface area contributed by atoms with E-state index in [4.69, 9.17) is 9.63 Å². The number of aryl methyl sites for hydroxylation is 1. The second-order valence-electron chi connectivity index (χ2n) is 6.12. The molecule has 0 spiro atoms. The Hall–Kier alpha value is -2.12. The monoisotopic (exact) mass is 298 g/mol. The Labute approximate surface area is 123 Å². The highest BCUT2D eigenvalue weighted by Crippen LogP contribution is 2.22. The van der Waals surface area contributed by atoms with Crippen molar-refractivity contribution in [3.63, 3.8) is 0 Å². The lowest BCUT2D eigenvalue weighted by molar-refractivity contribution is -0.137. The van der Waals surface area contributed by atoms with E-state index in [1.165, 1.54) is 0 Å². The number of hydrogen-bond donors (Lipinski definition) is 3. The summed E-state index contributed by atoms with van der Waals surface area (Å²) in [7, 11) is 0. The molecule has 21 heavy (non-hydrogen) atoms. The molecule has 1 aromatic heterocycles. The number of carboxylic acids is 1. The molecule has 0 aliphatic heterocycles. The smallest absolute Gasteiger partial charge is 0.315 e. The molecule has 1 unspecified atom stereocenters. The van der Waals surface area contributed by atoms with E-state index in [9.17, 15) is 9.59 Å². The fourth-order valence-electron chi connectivity index (χ4n) is 1.93. The summed E-state index contributed by atoms with van der Waals surface area (Å²) in [6.07, 6.45) is 0.441. The lowest BCUT2D eigenvalue weighted by Gasteiger charge is -2.25. The normalized spacial score (nSPS) is 12.8. The Morgan fingerprint density at radius 1 is 1.38 bits per heavy atom. The molecule has 1 heterocycles. The van der Waals surface area contributed by atoms with Crippen molar-refractivity contribution in [2.24, 2.45) is 5.41 Å². The minimum atomic E-state index is -0.947. The summed E-state index contributed by atoms with van der Waals surface area (Å²) in [4.78, 5) is 26.6. The highest BCUT2D eigenvalue weighted by atomic mass is 16.5. The number of urea groups is 1. The Bertz CT molecular complexity index is 493. The number of nitrogens with one attached hydrogen (secondary N) is 2. The number of carbonyl (C=O) groups is 2. The number of hydrogen-bond acceptors (Lipinski definition) is 5. The fraction of sp³-hybridized carbons (Fsp3) is 0.692. The van der Waals surface area contributed by atoms with E-state index in [2.05, 4.69) is 20.8 Å². The summed E-state index contributed by atoms with van der Waals surface area (Å²) in [5, 5.41) is 17.7. The van der Waals surface area contributed by atoms with Gasteiger partial charge in [0.2, 0.25) is 5.89 Å². The van der Waals surface area contributed by atoms with Crippen LogP contribution in [0.3, 0.4) is 0 Å². The van der Waals surface area contributed by atoms with Crippen LogP contribution in [0.2, 0.25) is 0 Å². The van der Waals surface area contributed by atoms with Crippen molar-refractivity contribution in [3.05, 3.63) is 11.7 Å². The third-order valence-electron chi connectivity index (χ3n) is 2.58. The van der Waals surface area contributed by atoms with Crippen molar-refractivity contribution in [1.82, 2.24) is 20.8 Å². The molecule has 2 amide bonds. The predicted molar refractivity (Wildman–Crippen MR) is 74.5 cm³/mol. The minimum absolute atomic E-state index is 0.0863. The fourth-order valence-corrected chi connectivity index (χ4v) is 1.93. The molecule has 0 aliphatic carbocycles. The Kier molecular flexibility index (Phi) is 5.69. The first-order valence-corrected chi connectivity index (χ1v) is 6.71. The van der Waals surface area contributed by atoms with Gasteiger partial charge in [0.05, 0.1) is 13.0 Å². The molecule has 0 aromatic carbocycles. The van der Waals surface area contributed by atoms with Crippen LogP contribution in [0, 0.1) is 12.3 Å². The molecule has 0 radical (unpaired) electrons. The summed E-state index contributed by atoms with van der Waals surface area (Å²) in [6, 6.07) is -0.895. The van der Waals surface area contributed by atoms with Gasteiger partial charge < -0.3 is 20.3 Å². The van der Waals surface area contributed by atoms with E-state index >= 15 is 0 Å². The second-order valence-corrected chi connectivity index (χ2v) is 6.12. The molecule has 0 saturated carbocycles. The van der Waals surface area contributed by atoms with Gasteiger partial charge >= 0.3 is 12.0 Å². The zero-order chi connectivity index (χ0) is 16.0. The minimum Gasteiger partial charge on any atom is -0.481 e. The van der Waals surface area contributed by atoms with Crippen LogP contribution in [0.4, 0.5) is 4.79 Å². The van der Waals surface area contributed by atoms with E-state index in [-0.39, 0.29) is 18.4 Å². The molecule has 8 heteroatoms. The Balaban J connectivity index is 2.49. The summed E-state index contributed by atoms with van der Waals surface area (Å²) < 4.78 is 4.87.